The number of rotatable bonds is 9. The van der Waals surface area contributed by atoms with E-state index in [4.69, 9.17) is 20.2 Å². The smallest absolute Gasteiger partial charge is 0.416 e. The van der Waals surface area contributed by atoms with Gasteiger partial charge in [0.1, 0.15) is 17.6 Å². The lowest BCUT2D eigenvalue weighted by Gasteiger charge is -2.20. The van der Waals surface area contributed by atoms with E-state index in [0.29, 0.717) is 35.1 Å². The SMILES string of the molecule is CCCC(CCN)c1ccc(Nc2ncc3cccc(-c4ccc(C(F)(F)F)cc4OC)c3n2)c2c1C[C@@H](C)O2. The van der Waals surface area contributed by atoms with Crippen LogP contribution in [0.1, 0.15) is 55.7 Å². The minimum atomic E-state index is -4.47. The van der Waals surface area contributed by atoms with Gasteiger partial charge in [-0.25, -0.2) is 9.97 Å². The van der Waals surface area contributed by atoms with Gasteiger partial charge >= 0.3 is 6.18 Å². The molecule has 0 saturated heterocycles. The summed E-state index contributed by atoms with van der Waals surface area (Å²) in [5.74, 6) is 1.66. The zero-order chi connectivity index (χ0) is 28.4. The Hall–Kier alpha value is -3.85. The molecule has 4 aromatic rings. The van der Waals surface area contributed by atoms with Crippen molar-refractivity contribution in [3.05, 3.63) is 71.4 Å². The Kier molecular flexibility index (Phi) is 7.85. The van der Waals surface area contributed by atoms with Crippen molar-refractivity contribution in [2.45, 2.75) is 57.7 Å². The van der Waals surface area contributed by atoms with Crippen molar-refractivity contribution in [3.63, 3.8) is 0 Å². The first-order valence-corrected chi connectivity index (χ1v) is 13.5. The number of halogens is 3. The number of fused-ring (bicyclic) bond motifs is 2. The lowest BCUT2D eigenvalue weighted by atomic mass is 9.86. The number of benzene rings is 3. The van der Waals surface area contributed by atoms with Gasteiger partial charge in [-0.1, -0.05) is 37.6 Å². The fourth-order valence-electron chi connectivity index (χ4n) is 5.55. The summed E-state index contributed by atoms with van der Waals surface area (Å²) in [5.41, 5.74) is 10.1. The second-order valence-electron chi connectivity index (χ2n) is 10.2. The first-order valence-electron chi connectivity index (χ1n) is 13.5. The molecule has 1 unspecified atom stereocenters. The molecule has 1 aromatic heterocycles. The van der Waals surface area contributed by atoms with E-state index in [1.807, 2.05) is 24.3 Å². The van der Waals surface area contributed by atoms with Gasteiger partial charge in [-0.2, -0.15) is 13.2 Å². The number of nitrogens with zero attached hydrogens (tertiary/aromatic N) is 2. The number of methoxy groups -OCH3 is 1. The van der Waals surface area contributed by atoms with Gasteiger partial charge in [0.15, 0.2) is 0 Å². The third-order valence-electron chi connectivity index (χ3n) is 7.38. The van der Waals surface area contributed by atoms with E-state index in [-0.39, 0.29) is 11.9 Å². The number of nitrogens with one attached hydrogen (secondary N) is 1. The first kappa shape index (κ1) is 27.7. The molecule has 1 aliphatic rings. The Labute approximate surface area is 231 Å². The normalized spacial score (nSPS) is 15.5. The Morgan fingerprint density at radius 2 is 1.95 bits per heavy atom. The highest BCUT2D eigenvalue weighted by Gasteiger charge is 2.32. The summed E-state index contributed by atoms with van der Waals surface area (Å²) in [4.78, 5) is 9.29. The summed E-state index contributed by atoms with van der Waals surface area (Å²) in [5, 5.41) is 4.08. The molecule has 0 aliphatic carbocycles. The topological polar surface area (TPSA) is 82.3 Å². The van der Waals surface area contributed by atoms with Gasteiger partial charge in [0.25, 0.3) is 0 Å². The van der Waals surface area contributed by atoms with Gasteiger partial charge in [-0.3, -0.25) is 0 Å². The van der Waals surface area contributed by atoms with E-state index in [0.717, 1.165) is 54.6 Å². The third kappa shape index (κ3) is 5.43. The van der Waals surface area contributed by atoms with Crippen molar-refractivity contribution in [2.75, 3.05) is 19.0 Å². The predicted octanol–water partition coefficient (Wildman–Crippen LogP) is 7.62. The van der Waals surface area contributed by atoms with Crippen LogP contribution in [0.2, 0.25) is 0 Å². The molecule has 9 heteroatoms. The van der Waals surface area contributed by atoms with Crippen LogP contribution in [0.25, 0.3) is 22.0 Å². The molecule has 5 rings (SSSR count). The molecule has 0 bridgehead atoms. The van der Waals surface area contributed by atoms with E-state index in [2.05, 4.69) is 30.2 Å². The quantitative estimate of drug-likeness (QED) is 0.223. The van der Waals surface area contributed by atoms with E-state index in [1.165, 1.54) is 24.3 Å². The van der Waals surface area contributed by atoms with Crippen LogP contribution in [0.4, 0.5) is 24.8 Å². The van der Waals surface area contributed by atoms with Crippen LogP contribution in [0.3, 0.4) is 0 Å². The molecule has 0 fully saturated rings. The number of anilines is 2. The second-order valence-corrected chi connectivity index (χ2v) is 10.2. The molecule has 3 N–H and O–H groups in total. The van der Waals surface area contributed by atoms with Gasteiger partial charge in [0, 0.05) is 34.7 Å². The summed E-state index contributed by atoms with van der Waals surface area (Å²) in [6.45, 7) is 4.87. The standard InChI is InChI=1S/C31H33F3N4O2/c1-4-6-19(13-14-35)22-11-12-26(29-25(22)15-18(2)40-29)37-30-36-17-20-7-5-8-24(28(20)38-30)23-10-9-21(31(32,33)34)16-27(23)39-3/h5,7-12,16-19H,4,6,13-15,35H2,1-3H3,(H,36,37,38)/t18-,19?/m1/s1. The van der Waals surface area contributed by atoms with E-state index < -0.39 is 11.7 Å². The summed E-state index contributed by atoms with van der Waals surface area (Å²) < 4.78 is 51.5. The molecule has 2 heterocycles. The van der Waals surface area contributed by atoms with Crippen LogP contribution in [0.5, 0.6) is 11.5 Å². The van der Waals surface area contributed by atoms with Crippen LogP contribution in [-0.2, 0) is 12.6 Å². The van der Waals surface area contributed by atoms with Crippen molar-refractivity contribution in [1.29, 1.82) is 0 Å². The minimum absolute atomic E-state index is 0.0492. The summed E-state index contributed by atoms with van der Waals surface area (Å²) in [6.07, 6.45) is 1.16. The average Bonchev–Trinajstić information content (AvgIpc) is 3.34. The Morgan fingerprint density at radius 1 is 1.12 bits per heavy atom. The Bertz CT molecular complexity index is 1520. The van der Waals surface area contributed by atoms with Gasteiger partial charge in [-0.15, -0.1) is 0 Å². The maximum absolute atomic E-state index is 13.3. The van der Waals surface area contributed by atoms with Gasteiger partial charge in [-0.05, 0) is 62.1 Å². The van der Waals surface area contributed by atoms with Crippen LogP contribution >= 0.6 is 0 Å². The van der Waals surface area contributed by atoms with E-state index in [1.54, 1.807) is 6.20 Å². The predicted molar refractivity (Wildman–Crippen MR) is 151 cm³/mol. The molecular formula is C31H33F3N4O2. The lowest BCUT2D eigenvalue weighted by Crippen LogP contribution is -2.10. The van der Waals surface area contributed by atoms with E-state index >= 15 is 0 Å². The molecule has 3 aromatic carbocycles. The molecule has 1 aliphatic heterocycles. The average molecular weight is 551 g/mol. The zero-order valence-corrected chi connectivity index (χ0v) is 22.8. The van der Waals surface area contributed by atoms with Gasteiger partial charge in [0.2, 0.25) is 5.95 Å². The number of alkyl halides is 3. The molecule has 0 saturated carbocycles. The van der Waals surface area contributed by atoms with Crippen molar-refractivity contribution in [3.8, 4) is 22.6 Å². The van der Waals surface area contributed by atoms with Crippen molar-refractivity contribution < 1.29 is 22.6 Å². The van der Waals surface area contributed by atoms with Crippen LogP contribution in [0.15, 0.2) is 54.7 Å². The highest BCUT2D eigenvalue weighted by Crippen LogP contribution is 2.44. The second kappa shape index (κ2) is 11.3. The first-order chi connectivity index (χ1) is 19.2. The maximum atomic E-state index is 13.3. The fourth-order valence-corrected chi connectivity index (χ4v) is 5.55. The monoisotopic (exact) mass is 550 g/mol. The molecule has 0 amide bonds. The molecule has 0 spiro atoms. The maximum Gasteiger partial charge on any atom is 0.416 e. The Morgan fingerprint density at radius 3 is 2.67 bits per heavy atom. The van der Waals surface area contributed by atoms with Gasteiger partial charge < -0.3 is 20.5 Å². The molecule has 6 nitrogen and oxygen atoms in total. The van der Waals surface area contributed by atoms with E-state index in [9.17, 15) is 13.2 Å². The molecule has 40 heavy (non-hydrogen) atoms. The largest absolute Gasteiger partial charge is 0.496 e. The molecule has 2 atom stereocenters. The molecule has 210 valence electrons. The number of aromatic nitrogens is 2. The summed E-state index contributed by atoms with van der Waals surface area (Å²) in [7, 11) is 1.36. The summed E-state index contributed by atoms with van der Waals surface area (Å²) >= 11 is 0. The van der Waals surface area contributed by atoms with Gasteiger partial charge in [0.05, 0.1) is 23.9 Å². The highest BCUT2D eigenvalue weighted by molar-refractivity contribution is 5.95. The summed E-state index contributed by atoms with van der Waals surface area (Å²) in [6, 6.07) is 13.1. The fraction of sp³-hybridized carbons (Fsp3) is 0.355. The number of hydrogen-bond donors (Lipinski definition) is 2. The Balaban J connectivity index is 1.54. The number of para-hydroxylation sites is 1. The number of hydrogen-bond acceptors (Lipinski definition) is 6. The van der Waals surface area contributed by atoms with Crippen LogP contribution < -0.4 is 20.5 Å². The minimum Gasteiger partial charge on any atom is -0.496 e. The highest BCUT2D eigenvalue weighted by atomic mass is 19.4. The molecular weight excluding hydrogens is 517 g/mol. The third-order valence-corrected chi connectivity index (χ3v) is 7.38. The van der Waals surface area contributed by atoms with Crippen molar-refractivity contribution >= 4 is 22.5 Å². The van der Waals surface area contributed by atoms with Crippen molar-refractivity contribution in [1.82, 2.24) is 9.97 Å². The lowest BCUT2D eigenvalue weighted by molar-refractivity contribution is -0.137. The van der Waals surface area contributed by atoms with Crippen LogP contribution in [0, 0.1) is 0 Å². The number of ether oxygens (including phenoxy) is 2. The number of nitrogens with two attached hydrogens (primary N) is 1. The van der Waals surface area contributed by atoms with Crippen molar-refractivity contribution in [2.24, 2.45) is 5.73 Å². The van der Waals surface area contributed by atoms with Crippen LogP contribution in [-0.4, -0.2) is 29.7 Å². The molecule has 0 radical (unpaired) electrons. The zero-order valence-electron chi connectivity index (χ0n) is 22.8.